The van der Waals surface area contributed by atoms with E-state index < -0.39 is 10.0 Å². The van der Waals surface area contributed by atoms with Crippen molar-refractivity contribution in [1.29, 1.82) is 0 Å². The molecule has 3 aromatic rings. The van der Waals surface area contributed by atoms with Crippen molar-refractivity contribution in [3.63, 3.8) is 0 Å². The van der Waals surface area contributed by atoms with Gasteiger partial charge >= 0.3 is 0 Å². The van der Waals surface area contributed by atoms with E-state index in [2.05, 4.69) is 10.3 Å². The summed E-state index contributed by atoms with van der Waals surface area (Å²) >= 11 is 2.74. The lowest BCUT2D eigenvalue weighted by molar-refractivity contribution is 0.0730. The Labute approximate surface area is 205 Å². The predicted octanol–water partition coefficient (Wildman–Crippen LogP) is 2.68. The van der Waals surface area contributed by atoms with Crippen LogP contribution in [0, 0.1) is 0 Å². The molecule has 178 valence electrons. The number of benzene rings is 1. The number of carbonyl (C=O) groups excluding carboxylic acids is 2. The van der Waals surface area contributed by atoms with Crippen LogP contribution in [0.25, 0.3) is 0 Å². The number of nitrogens with zero attached hydrogens (tertiary/aromatic N) is 3. The van der Waals surface area contributed by atoms with E-state index in [4.69, 9.17) is 4.74 Å². The third-order valence-electron chi connectivity index (χ3n) is 5.69. The number of ether oxygens (including phenoxy) is 1. The van der Waals surface area contributed by atoms with Crippen molar-refractivity contribution in [2.45, 2.75) is 17.9 Å². The zero-order valence-electron chi connectivity index (χ0n) is 18.1. The molecule has 2 aliphatic heterocycles. The lowest BCUT2D eigenvalue weighted by atomic mass is 10.1. The van der Waals surface area contributed by atoms with Gasteiger partial charge in [0.1, 0.15) is 0 Å². The van der Waals surface area contributed by atoms with Gasteiger partial charge in [0, 0.05) is 36.5 Å². The van der Waals surface area contributed by atoms with E-state index in [0.29, 0.717) is 61.4 Å². The van der Waals surface area contributed by atoms with Gasteiger partial charge in [0.25, 0.3) is 11.8 Å². The van der Waals surface area contributed by atoms with Crippen LogP contribution < -0.4 is 5.32 Å². The fourth-order valence-electron chi connectivity index (χ4n) is 3.88. The Bertz CT molecular complexity index is 1300. The smallest absolute Gasteiger partial charge is 0.267 e. The van der Waals surface area contributed by atoms with Crippen LogP contribution in [0.2, 0.25) is 0 Å². The first-order valence-corrected chi connectivity index (χ1v) is 13.9. The zero-order valence-corrected chi connectivity index (χ0v) is 20.5. The molecule has 2 aromatic heterocycles. The maximum atomic E-state index is 13.1. The Balaban J connectivity index is 1.25. The van der Waals surface area contributed by atoms with Gasteiger partial charge in [-0.25, -0.2) is 13.4 Å². The monoisotopic (exact) mass is 518 g/mol. The average Bonchev–Trinajstić information content (AvgIpc) is 3.54. The lowest BCUT2D eigenvalue weighted by Gasteiger charge is -2.27. The highest BCUT2D eigenvalue weighted by molar-refractivity contribution is 7.89. The summed E-state index contributed by atoms with van der Waals surface area (Å²) in [5.74, 6) is -0.361. The minimum Gasteiger partial charge on any atom is -0.379 e. The first-order chi connectivity index (χ1) is 16.4. The van der Waals surface area contributed by atoms with Gasteiger partial charge in [0.15, 0.2) is 5.13 Å². The van der Waals surface area contributed by atoms with E-state index in [9.17, 15) is 18.0 Å². The molecular formula is C22H22N4O5S3. The second-order valence-corrected chi connectivity index (χ2v) is 11.8. The van der Waals surface area contributed by atoms with Gasteiger partial charge in [-0.3, -0.25) is 14.9 Å². The quantitative estimate of drug-likeness (QED) is 0.556. The Morgan fingerprint density at radius 2 is 1.82 bits per heavy atom. The third-order valence-corrected chi connectivity index (χ3v) is 9.47. The summed E-state index contributed by atoms with van der Waals surface area (Å²) < 4.78 is 32.2. The summed E-state index contributed by atoms with van der Waals surface area (Å²) in [5.41, 5.74) is 1.32. The maximum Gasteiger partial charge on any atom is 0.267 e. The molecular weight excluding hydrogens is 496 g/mol. The lowest BCUT2D eigenvalue weighted by Crippen LogP contribution is -2.40. The Hall–Kier alpha value is -2.64. The molecule has 0 atom stereocenters. The molecule has 0 aliphatic carbocycles. The van der Waals surface area contributed by atoms with Gasteiger partial charge < -0.3 is 9.64 Å². The molecule has 2 aliphatic rings. The summed E-state index contributed by atoms with van der Waals surface area (Å²) in [6, 6.07) is 9.66. The minimum absolute atomic E-state index is 0.167. The van der Waals surface area contributed by atoms with Crippen molar-refractivity contribution >= 4 is 49.6 Å². The molecule has 34 heavy (non-hydrogen) atoms. The number of rotatable bonds is 5. The van der Waals surface area contributed by atoms with Crippen molar-refractivity contribution in [1.82, 2.24) is 14.2 Å². The van der Waals surface area contributed by atoms with Crippen LogP contribution in [0.5, 0.6) is 0 Å². The summed E-state index contributed by atoms with van der Waals surface area (Å²) in [7, 11) is -3.60. The van der Waals surface area contributed by atoms with Crippen molar-refractivity contribution in [2.24, 2.45) is 0 Å². The maximum absolute atomic E-state index is 13.1. The standard InChI is InChI=1S/C22H22N4O5S3/c27-20(18-2-1-13-32-18)24-22-23-17-7-8-25(14-19(17)33-22)21(28)15-3-5-16(6-4-15)34(29,30)26-9-11-31-12-10-26/h1-6,13H,7-12,14H2,(H,23,24,27). The van der Waals surface area contributed by atoms with Crippen LogP contribution in [-0.4, -0.2) is 67.3 Å². The first kappa shape index (κ1) is 23.1. The Morgan fingerprint density at radius 1 is 1.06 bits per heavy atom. The highest BCUT2D eigenvalue weighted by Gasteiger charge is 2.28. The SMILES string of the molecule is O=C(Nc1nc2c(s1)CN(C(=O)c1ccc(S(=O)(=O)N3CCOCC3)cc1)CC2)c1cccs1. The summed E-state index contributed by atoms with van der Waals surface area (Å²) in [6.45, 7) is 2.30. The summed E-state index contributed by atoms with van der Waals surface area (Å²) in [6.07, 6.45) is 0.593. The molecule has 0 radical (unpaired) electrons. The number of sulfonamides is 1. The second kappa shape index (κ2) is 9.55. The molecule has 1 saturated heterocycles. The topological polar surface area (TPSA) is 109 Å². The molecule has 12 heteroatoms. The van der Waals surface area contributed by atoms with Crippen molar-refractivity contribution in [3.8, 4) is 0 Å². The fraction of sp³-hybridized carbons (Fsp3) is 0.318. The average molecular weight is 519 g/mol. The van der Waals surface area contributed by atoms with Gasteiger partial charge in [0.05, 0.1) is 35.2 Å². The molecule has 4 heterocycles. The van der Waals surface area contributed by atoms with E-state index >= 15 is 0 Å². The largest absolute Gasteiger partial charge is 0.379 e. The van der Waals surface area contributed by atoms with Crippen LogP contribution in [-0.2, 0) is 27.7 Å². The first-order valence-electron chi connectivity index (χ1n) is 10.7. The Kier molecular flexibility index (Phi) is 6.49. The zero-order chi connectivity index (χ0) is 23.7. The van der Waals surface area contributed by atoms with Crippen LogP contribution in [0.15, 0.2) is 46.7 Å². The van der Waals surface area contributed by atoms with Gasteiger partial charge in [-0.2, -0.15) is 4.31 Å². The number of fused-ring (bicyclic) bond motifs is 1. The number of thiazole rings is 1. The Morgan fingerprint density at radius 3 is 2.53 bits per heavy atom. The number of hydrogen-bond acceptors (Lipinski definition) is 8. The summed E-state index contributed by atoms with van der Waals surface area (Å²) in [4.78, 5) is 33.3. The van der Waals surface area contributed by atoms with E-state index in [1.54, 1.807) is 23.1 Å². The molecule has 0 bridgehead atoms. The van der Waals surface area contributed by atoms with Gasteiger partial charge in [-0.05, 0) is 35.7 Å². The molecule has 1 fully saturated rings. The second-order valence-electron chi connectivity index (χ2n) is 7.84. The summed E-state index contributed by atoms with van der Waals surface area (Å²) in [5, 5.41) is 5.20. The number of carbonyl (C=O) groups is 2. The minimum atomic E-state index is -3.60. The van der Waals surface area contributed by atoms with Crippen molar-refractivity contribution < 1.29 is 22.7 Å². The fourth-order valence-corrected chi connectivity index (χ4v) is 6.92. The molecule has 9 nitrogen and oxygen atoms in total. The number of morpholine rings is 1. The van der Waals surface area contributed by atoms with Crippen LogP contribution in [0.4, 0.5) is 5.13 Å². The van der Waals surface area contributed by atoms with Crippen LogP contribution in [0.3, 0.4) is 0 Å². The molecule has 0 unspecified atom stereocenters. The number of thiophene rings is 1. The van der Waals surface area contributed by atoms with Crippen LogP contribution in [0.1, 0.15) is 30.6 Å². The van der Waals surface area contributed by atoms with Crippen molar-refractivity contribution in [3.05, 3.63) is 62.8 Å². The predicted molar refractivity (Wildman–Crippen MR) is 129 cm³/mol. The van der Waals surface area contributed by atoms with Gasteiger partial charge in [-0.1, -0.05) is 17.4 Å². The molecule has 1 aromatic carbocycles. The number of aromatic nitrogens is 1. The molecule has 2 amide bonds. The normalized spacial score (nSPS) is 16.8. The number of hydrogen-bond donors (Lipinski definition) is 1. The molecule has 1 N–H and O–H groups in total. The van der Waals surface area contributed by atoms with E-state index in [1.807, 2.05) is 11.4 Å². The van der Waals surface area contributed by atoms with E-state index in [-0.39, 0.29) is 16.7 Å². The van der Waals surface area contributed by atoms with Crippen molar-refractivity contribution in [2.75, 3.05) is 38.2 Å². The molecule has 5 rings (SSSR count). The van der Waals surface area contributed by atoms with E-state index in [1.165, 1.54) is 39.1 Å². The molecule has 0 saturated carbocycles. The highest BCUT2D eigenvalue weighted by Crippen LogP contribution is 2.30. The van der Waals surface area contributed by atoms with Gasteiger partial charge in [-0.15, -0.1) is 11.3 Å². The van der Waals surface area contributed by atoms with E-state index in [0.717, 1.165) is 10.6 Å². The number of anilines is 1. The number of amides is 2. The van der Waals surface area contributed by atoms with Crippen LogP contribution >= 0.6 is 22.7 Å². The highest BCUT2D eigenvalue weighted by atomic mass is 32.2. The molecule has 0 spiro atoms. The van der Waals surface area contributed by atoms with Gasteiger partial charge in [0.2, 0.25) is 10.0 Å². The number of nitrogens with one attached hydrogen (secondary N) is 1. The third kappa shape index (κ3) is 4.64.